The Morgan fingerprint density at radius 1 is 1.10 bits per heavy atom. The summed E-state index contributed by atoms with van der Waals surface area (Å²) >= 11 is 6.27. The number of hydrogen-bond donors (Lipinski definition) is 1. The number of carboxylic acids is 1. The molecule has 0 atom stereocenters. The van der Waals surface area contributed by atoms with Crippen molar-refractivity contribution >= 4 is 17.6 Å². The molecular formula is C18H17ClO2. The van der Waals surface area contributed by atoms with Crippen LogP contribution in [0.15, 0.2) is 48.5 Å². The Bertz CT molecular complexity index is 660. The highest BCUT2D eigenvalue weighted by molar-refractivity contribution is 6.31. The fraction of sp³-hybridized carbons (Fsp3) is 0.278. The molecule has 0 bridgehead atoms. The monoisotopic (exact) mass is 300 g/mol. The van der Waals surface area contributed by atoms with E-state index in [1.54, 1.807) is 0 Å². The lowest BCUT2D eigenvalue weighted by atomic mass is 9.93. The van der Waals surface area contributed by atoms with E-state index in [0.717, 1.165) is 41.8 Å². The first-order valence-electron chi connectivity index (χ1n) is 7.18. The second kappa shape index (κ2) is 5.53. The summed E-state index contributed by atoms with van der Waals surface area (Å²) in [7, 11) is 0. The fourth-order valence-corrected chi connectivity index (χ4v) is 2.95. The second-order valence-corrected chi connectivity index (χ2v) is 6.09. The molecule has 2 aromatic carbocycles. The molecule has 0 radical (unpaired) electrons. The van der Waals surface area contributed by atoms with E-state index in [9.17, 15) is 9.90 Å². The van der Waals surface area contributed by atoms with Crippen LogP contribution < -0.4 is 0 Å². The van der Waals surface area contributed by atoms with E-state index in [1.807, 2.05) is 36.4 Å². The zero-order valence-corrected chi connectivity index (χ0v) is 12.4. The average Bonchev–Trinajstić information content (AvgIpc) is 3.29. The van der Waals surface area contributed by atoms with Gasteiger partial charge in [-0.3, -0.25) is 4.79 Å². The lowest BCUT2D eigenvalue weighted by Gasteiger charge is -2.13. The maximum absolute atomic E-state index is 11.4. The number of benzene rings is 2. The Labute approximate surface area is 129 Å². The lowest BCUT2D eigenvalue weighted by Crippen LogP contribution is -2.19. The van der Waals surface area contributed by atoms with Crippen LogP contribution in [0.2, 0.25) is 5.02 Å². The van der Waals surface area contributed by atoms with E-state index in [1.165, 1.54) is 5.56 Å². The van der Waals surface area contributed by atoms with Gasteiger partial charge >= 0.3 is 5.97 Å². The van der Waals surface area contributed by atoms with Crippen molar-refractivity contribution in [2.24, 2.45) is 0 Å². The minimum absolute atomic E-state index is 0.661. The summed E-state index contributed by atoms with van der Waals surface area (Å²) in [4.78, 5) is 11.4. The first-order valence-corrected chi connectivity index (χ1v) is 7.56. The highest BCUT2D eigenvalue weighted by Gasteiger charge is 2.51. The molecule has 2 aromatic rings. The van der Waals surface area contributed by atoms with Gasteiger partial charge in [0.05, 0.1) is 5.41 Å². The van der Waals surface area contributed by atoms with Gasteiger partial charge in [0.25, 0.3) is 0 Å². The molecule has 0 saturated heterocycles. The smallest absolute Gasteiger partial charge is 0.314 e. The van der Waals surface area contributed by atoms with Gasteiger partial charge in [-0.2, -0.15) is 0 Å². The van der Waals surface area contributed by atoms with Crippen LogP contribution in [0.3, 0.4) is 0 Å². The van der Waals surface area contributed by atoms with Gasteiger partial charge in [0, 0.05) is 5.02 Å². The van der Waals surface area contributed by atoms with Crippen molar-refractivity contribution in [1.29, 1.82) is 0 Å². The van der Waals surface area contributed by atoms with Gasteiger partial charge in [0.2, 0.25) is 0 Å². The molecule has 0 aromatic heterocycles. The Balaban J connectivity index is 1.81. The highest BCUT2D eigenvalue weighted by atomic mass is 35.5. The summed E-state index contributed by atoms with van der Waals surface area (Å²) in [5.74, 6) is -0.723. The summed E-state index contributed by atoms with van der Waals surface area (Å²) in [6.07, 6.45) is 3.18. The minimum Gasteiger partial charge on any atom is -0.481 e. The molecule has 1 saturated carbocycles. The SMILES string of the molecule is O=C(O)C1(c2ccc(Cl)c(CCc3ccccc3)c2)CC1. The van der Waals surface area contributed by atoms with Crippen molar-refractivity contribution in [2.75, 3.05) is 0 Å². The summed E-state index contributed by atoms with van der Waals surface area (Å²) in [6.45, 7) is 0. The van der Waals surface area contributed by atoms with Gasteiger partial charge in [-0.25, -0.2) is 0 Å². The van der Waals surface area contributed by atoms with Crippen LogP contribution >= 0.6 is 11.6 Å². The number of halogens is 1. The maximum Gasteiger partial charge on any atom is 0.314 e. The molecule has 21 heavy (non-hydrogen) atoms. The summed E-state index contributed by atoms with van der Waals surface area (Å²) in [5.41, 5.74) is 2.53. The van der Waals surface area contributed by atoms with Crippen molar-refractivity contribution in [1.82, 2.24) is 0 Å². The normalized spacial score (nSPS) is 15.7. The van der Waals surface area contributed by atoms with E-state index in [2.05, 4.69) is 12.1 Å². The molecule has 1 fully saturated rings. The van der Waals surface area contributed by atoms with Gasteiger partial charge in [0.1, 0.15) is 0 Å². The van der Waals surface area contributed by atoms with Crippen molar-refractivity contribution < 1.29 is 9.90 Å². The Morgan fingerprint density at radius 3 is 2.43 bits per heavy atom. The van der Waals surface area contributed by atoms with Crippen molar-refractivity contribution in [3.8, 4) is 0 Å². The minimum atomic E-state index is -0.723. The number of rotatable bonds is 5. The van der Waals surface area contributed by atoms with Crippen LogP contribution in [0.5, 0.6) is 0 Å². The Kier molecular flexibility index (Phi) is 3.73. The summed E-state index contributed by atoms with van der Waals surface area (Å²) in [5, 5.41) is 10.1. The molecule has 1 aliphatic rings. The third kappa shape index (κ3) is 2.81. The van der Waals surface area contributed by atoms with Gasteiger partial charge in [-0.05, 0) is 48.4 Å². The largest absolute Gasteiger partial charge is 0.481 e. The number of aryl methyl sites for hydroxylation is 2. The van der Waals surface area contributed by atoms with E-state index in [4.69, 9.17) is 11.6 Å². The first kappa shape index (κ1) is 14.2. The molecule has 0 heterocycles. The summed E-state index contributed by atoms with van der Waals surface area (Å²) < 4.78 is 0. The van der Waals surface area contributed by atoms with Crippen LogP contribution in [0.4, 0.5) is 0 Å². The predicted octanol–water partition coefficient (Wildman–Crippen LogP) is 4.24. The fourth-order valence-electron chi connectivity index (χ4n) is 2.74. The Morgan fingerprint density at radius 2 is 1.81 bits per heavy atom. The van der Waals surface area contributed by atoms with Crippen molar-refractivity contribution in [2.45, 2.75) is 31.1 Å². The standard InChI is InChI=1S/C18H17ClO2/c19-16-9-8-15(18(10-11-18)17(20)21)12-14(16)7-6-13-4-2-1-3-5-13/h1-5,8-9,12H,6-7,10-11H2,(H,20,21). The van der Waals surface area contributed by atoms with Crippen LogP contribution in [-0.2, 0) is 23.1 Å². The number of hydrogen-bond acceptors (Lipinski definition) is 1. The molecule has 3 rings (SSSR count). The molecule has 1 N–H and O–H groups in total. The third-order valence-corrected chi connectivity index (χ3v) is 4.65. The van der Waals surface area contributed by atoms with Crippen LogP contribution in [0.25, 0.3) is 0 Å². The van der Waals surface area contributed by atoms with Gasteiger partial charge < -0.3 is 5.11 Å². The van der Waals surface area contributed by atoms with Gasteiger partial charge in [-0.15, -0.1) is 0 Å². The lowest BCUT2D eigenvalue weighted by molar-refractivity contribution is -0.140. The number of carbonyl (C=O) groups is 1. The molecule has 0 aliphatic heterocycles. The number of aliphatic carboxylic acids is 1. The van der Waals surface area contributed by atoms with E-state index >= 15 is 0 Å². The third-order valence-electron chi connectivity index (χ3n) is 4.28. The van der Waals surface area contributed by atoms with Crippen molar-refractivity contribution in [3.05, 3.63) is 70.2 Å². The molecule has 0 amide bonds. The molecule has 3 heteroatoms. The predicted molar refractivity (Wildman–Crippen MR) is 83.8 cm³/mol. The van der Waals surface area contributed by atoms with E-state index in [-0.39, 0.29) is 0 Å². The molecular weight excluding hydrogens is 284 g/mol. The van der Waals surface area contributed by atoms with E-state index < -0.39 is 11.4 Å². The topological polar surface area (TPSA) is 37.3 Å². The van der Waals surface area contributed by atoms with Gasteiger partial charge in [0.15, 0.2) is 0 Å². The molecule has 0 unspecified atom stereocenters. The second-order valence-electron chi connectivity index (χ2n) is 5.68. The zero-order chi connectivity index (χ0) is 14.9. The first-order chi connectivity index (χ1) is 10.1. The molecule has 2 nitrogen and oxygen atoms in total. The van der Waals surface area contributed by atoms with E-state index in [0.29, 0.717) is 0 Å². The quantitative estimate of drug-likeness (QED) is 0.896. The molecule has 1 aliphatic carbocycles. The van der Waals surface area contributed by atoms with Crippen LogP contribution in [0, 0.1) is 0 Å². The average molecular weight is 301 g/mol. The molecule has 0 spiro atoms. The van der Waals surface area contributed by atoms with Crippen LogP contribution in [-0.4, -0.2) is 11.1 Å². The Hall–Kier alpha value is -1.80. The summed E-state index contributed by atoms with van der Waals surface area (Å²) in [6, 6.07) is 15.9. The van der Waals surface area contributed by atoms with Crippen LogP contribution in [0.1, 0.15) is 29.5 Å². The maximum atomic E-state index is 11.4. The van der Waals surface area contributed by atoms with Crippen molar-refractivity contribution in [3.63, 3.8) is 0 Å². The highest BCUT2D eigenvalue weighted by Crippen LogP contribution is 2.49. The number of carboxylic acid groups (broad SMARTS) is 1. The van der Waals surface area contributed by atoms with Gasteiger partial charge in [-0.1, -0.05) is 54.1 Å². The zero-order valence-electron chi connectivity index (χ0n) is 11.7. The molecule has 108 valence electrons.